The predicted molar refractivity (Wildman–Crippen MR) is 86.3 cm³/mol. The van der Waals surface area contributed by atoms with Crippen molar-refractivity contribution in [1.82, 2.24) is 4.31 Å². The highest BCUT2D eigenvalue weighted by molar-refractivity contribution is 9.10. The topological polar surface area (TPSA) is 120 Å². The maximum atomic E-state index is 13.7. The average molecular weight is 408 g/mol. The molecule has 1 aliphatic heterocycles. The Labute approximate surface area is 141 Å². The van der Waals surface area contributed by atoms with E-state index in [2.05, 4.69) is 20.9 Å². The number of hydrogen-bond acceptors (Lipinski definition) is 3. The quantitative estimate of drug-likeness (QED) is 0.444. The lowest BCUT2D eigenvalue weighted by Crippen LogP contribution is -2.72. The molecular formula is C13H17BrFN4O3S+. The van der Waals surface area contributed by atoms with Gasteiger partial charge in [-0.3, -0.25) is 10.5 Å². The fourth-order valence-electron chi connectivity index (χ4n) is 2.39. The van der Waals surface area contributed by atoms with Crippen LogP contribution in [0.4, 0.5) is 10.1 Å². The molecule has 0 atom stereocenters. The number of piperidine rings is 1. The normalized spacial score (nSPS) is 18.1. The maximum absolute atomic E-state index is 13.7. The summed E-state index contributed by atoms with van der Waals surface area (Å²) in [5, 5.41) is 5.05. The number of carbonyl (C=O) groups excluding carboxylic acids is 1. The van der Waals surface area contributed by atoms with Crippen molar-refractivity contribution in [2.75, 3.05) is 13.1 Å². The van der Waals surface area contributed by atoms with Crippen molar-refractivity contribution in [2.24, 2.45) is 16.8 Å². The van der Waals surface area contributed by atoms with E-state index in [1.807, 2.05) is 0 Å². The number of nitrogens with one attached hydrogen (secondary N) is 1. The van der Waals surface area contributed by atoms with E-state index in [4.69, 9.17) is 10.9 Å². The first-order valence-corrected chi connectivity index (χ1v) is 9.14. The van der Waals surface area contributed by atoms with E-state index < -0.39 is 21.9 Å². The van der Waals surface area contributed by atoms with Gasteiger partial charge in [-0.25, -0.2) is 14.5 Å². The van der Waals surface area contributed by atoms with Crippen molar-refractivity contribution in [2.45, 2.75) is 12.8 Å². The van der Waals surface area contributed by atoms with E-state index in [9.17, 15) is 17.6 Å². The van der Waals surface area contributed by atoms with Gasteiger partial charge in [0.1, 0.15) is 0 Å². The van der Waals surface area contributed by atoms with Crippen LogP contribution in [0.1, 0.15) is 12.8 Å². The van der Waals surface area contributed by atoms with E-state index in [1.165, 1.54) is 18.2 Å². The molecular weight excluding hydrogens is 391 g/mol. The second-order valence-electron chi connectivity index (χ2n) is 5.25. The first kappa shape index (κ1) is 18.0. The molecule has 23 heavy (non-hydrogen) atoms. The number of amidine groups is 1. The van der Waals surface area contributed by atoms with Gasteiger partial charge in [-0.15, -0.1) is 0 Å². The molecule has 0 amide bonds. The van der Waals surface area contributed by atoms with Crippen molar-refractivity contribution in [3.63, 3.8) is 0 Å². The van der Waals surface area contributed by atoms with Crippen LogP contribution in [-0.4, -0.2) is 37.4 Å². The fraction of sp³-hybridized carbons (Fsp3) is 0.385. The lowest BCUT2D eigenvalue weighted by atomic mass is 9.93. The highest BCUT2D eigenvalue weighted by atomic mass is 79.9. The standard InChI is InChI=1S/C13H16BrFN4O3S/c14-9-1-2-10(15)11(7-9)18-13(16)12(20)8-3-5-19(6-4-8)23(17,21)22/h1-2,7-8H,3-6H2,(H2,16,18)(H2,17,21,22)/p+1. The Morgan fingerprint density at radius 3 is 2.52 bits per heavy atom. The molecule has 0 aromatic heterocycles. The summed E-state index contributed by atoms with van der Waals surface area (Å²) >= 11 is 3.21. The third kappa shape index (κ3) is 4.56. The molecule has 1 heterocycles. The lowest BCUT2D eigenvalue weighted by Gasteiger charge is -2.28. The third-order valence-electron chi connectivity index (χ3n) is 3.65. The Hall–Kier alpha value is -1.36. The van der Waals surface area contributed by atoms with Gasteiger partial charge in [-0.2, -0.15) is 12.7 Å². The Kier molecular flexibility index (Phi) is 5.50. The molecule has 0 saturated carbocycles. The van der Waals surface area contributed by atoms with Gasteiger partial charge in [-0.1, -0.05) is 15.9 Å². The zero-order chi connectivity index (χ0) is 17.2. The average Bonchev–Trinajstić information content (AvgIpc) is 2.49. The molecule has 7 nitrogen and oxygen atoms in total. The summed E-state index contributed by atoms with van der Waals surface area (Å²) < 4.78 is 37.9. The summed E-state index contributed by atoms with van der Waals surface area (Å²) in [5.41, 5.74) is 5.83. The second-order valence-corrected chi connectivity index (χ2v) is 7.71. The number of carbonyl (C=O) groups is 1. The minimum Gasteiger partial charge on any atom is -0.285 e. The Bertz CT molecular complexity index is 746. The number of nitrogens with two attached hydrogens (primary N) is 2. The van der Waals surface area contributed by atoms with Crippen LogP contribution in [0.15, 0.2) is 22.7 Å². The largest absolute Gasteiger partial charge is 0.314 e. The molecule has 126 valence electrons. The fourth-order valence-corrected chi connectivity index (χ4v) is 3.47. The molecule has 2 rings (SSSR count). The molecule has 0 spiro atoms. The molecule has 5 N–H and O–H groups in total. The Morgan fingerprint density at radius 1 is 1.35 bits per heavy atom. The van der Waals surface area contributed by atoms with E-state index >= 15 is 0 Å². The number of halogens is 2. The molecule has 0 unspecified atom stereocenters. The van der Waals surface area contributed by atoms with Crippen LogP contribution < -0.4 is 15.9 Å². The van der Waals surface area contributed by atoms with Crippen molar-refractivity contribution < 1.29 is 22.6 Å². The van der Waals surface area contributed by atoms with Crippen molar-refractivity contribution in [3.8, 4) is 0 Å². The number of nitrogens with zero attached hydrogens (tertiary/aromatic N) is 1. The van der Waals surface area contributed by atoms with E-state index in [0.29, 0.717) is 17.3 Å². The zero-order valence-electron chi connectivity index (χ0n) is 12.1. The minimum atomic E-state index is -3.74. The van der Waals surface area contributed by atoms with Gasteiger partial charge in [-0.05, 0) is 25.0 Å². The summed E-state index contributed by atoms with van der Waals surface area (Å²) in [6.45, 7) is 0.321. The third-order valence-corrected chi connectivity index (χ3v) is 5.23. The van der Waals surface area contributed by atoms with Gasteiger partial charge in [0.25, 0.3) is 10.2 Å². The van der Waals surface area contributed by atoms with Crippen LogP contribution in [0.2, 0.25) is 0 Å². The van der Waals surface area contributed by atoms with E-state index in [-0.39, 0.29) is 30.4 Å². The molecule has 0 aliphatic carbocycles. The van der Waals surface area contributed by atoms with Gasteiger partial charge >= 0.3 is 5.84 Å². The molecule has 1 saturated heterocycles. The molecule has 1 aliphatic rings. The van der Waals surface area contributed by atoms with Crippen molar-refractivity contribution >= 4 is 43.4 Å². The number of Topliss-reactive ketones (excluding diaryl/α,β-unsaturated/α-hetero) is 1. The monoisotopic (exact) mass is 407 g/mol. The maximum Gasteiger partial charge on any atom is 0.314 e. The molecule has 0 bridgehead atoms. The highest BCUT2D eigenvalue weighted by Crippen LogP contribution is 2.19. The van der Waals surface area contributed by atoms with Crippen LogP contribution in [0.25, 0.3) is 0 Å². The van der Waals surface area contributed by atoms with Gasteiger partial charge < -0.3 is 0 Å². The number of hydrogen-bond donors (Lipinski definition) is 3. The van der Waals surface area contributed by atoms with Gasteiger partial charge in [0.15, 0.2) is 11.5 Å². The second kappa shape index (κ2) is 7.04. The number of rotatable bonds is 4. The first-order valence-electron chi connectivity index (χ1n) is 6.85. The molecule has 0 radical (unpaired) electrons. The molecule has 1 aromatic carbocycles. The highest BCUT2D eigenvalue weighted by Gasteiger charge is 2.32. The summed E-state index contributed by atoms with van der Waals surface area (Å²) in [7, 11) is -3.74. The van der Waals surface area contributed by atoms with Gasteiger partial charge in [0.05, 0.1) is 0 Å². The van der Waals surface area contributed by atoms with Crippen LogP contribution in [0, 0.1) is 11.7 Å². The Balaban J connectivity index is 2.09. The van der Waals surface area contributed by atoms with E-state index in [0.717, 1.165) is 4.31 Å². The molecule has 1 aromatic rings. The predicted octanol–water partition coefficient (Wildman–Crippen LogP) is -0.858. The smallest absolute Gasteiger partial charge is 0.285 e. The zero-order valence-corrected chi connectivity index (χ0v) is 14.5. The van der Waals surface area contributed by atoms with Crippen molar-refractivity contribution in [3.05, 3.63) is 28.5 Å². The number of benzene rings is 1. The van der Waals surface area contributed by atoms with Gasteiger partial charge in [0.2, 0.25) is 5.78 Å². The van der Waals surface area contributed by atoms with Crippen LogP contribution in [0.5, 0.6) is 0 Å². The first-order chi connectivity index (χ1) is 10.7. The van der Waals surface area contributed by atoms with Crippen LogP contribution >= 0.6 is 15.9 Å². The SMILES string of the molecule is NC(=[NH+]c1cc(Br)ccc1F)C(=O)C1CCN(S(N)(=O)=O)CC1. The Morgan fingerprint density at radius 2 is 1.96 bits per heavy atom. The van der Waals surface area contributed by atoms with Crippen LogP contribution in [0.3, 0.4) is 0 Å². The summed E-state index contributed by atoms with van der Waals surface area (Å²) in [6, 6.07) is 4.25. The lowest BCUT2D eigenvalue weighted by molar-refractivity contribution is -0.357. The molecule has 10 heteroatoms. The summed E-state index contributed by atoms with van der Waals surface area (Å²) in [4.78, 5) is 14.9. The van der Waals surface area contributed by atoms with Crippen LogP contribution in [-0.2, 0) is 15.0 Å². The number of ketones is 1. The minimum absolute atomic E-state index is 0.0900. The summed E-state index contributed by atoms with van der Waals surface area (Å²) in [6.07, 6.45) is 0.636. The molecule has 1 fully saturated rings. The van der Waals surface area contributed by atoms with Crippen molar-refractivity contribution in [1.29, 1.82) is 0 Å². The summed E-state index contributed by atoms with van der Waals surface area (Å²) in [5.74, 6) is -1.49. The van der Waals surface area contributed by atoms with E-state index in [1.54, 1.807) is 0 Å². The van der Waals surface area contributed by atoms with Gasteiger partial charge in [0, 0.05) is 29.5 Å².